The number of hydrogen-bond acceptors (Lipinski definition) is 4. The van der Waals surface area contributed by atoms with Gasteiger partial charge in [-0.05, 0) is 32.0 Å². The molecular weight excluding hydrogens is 292 g/mol. The van der Waals surface area contributed by atoms with E-state index in [1.54, 1.807) is 24.3 Å². The first kappa shape index (κ1) is 15.7. The third kappa shape index (κ3) is 3.27. The van der Waals surface area contributed by atoms with E-state index in [1.165, 1.54) is 12.8 Å². The summed E-state index contributed by atoms with van der Waals surface area (Å²) < 4.78 is 0. The summed E-state index contributed by atoms with van der Waals surface area (Å²) in [6, 6.07) is 7.42. The van der Waals surface area contributed by atoms with Crippen LogP contribution in [0.4, 0.5) is 0 Å². The van der Waals surface area contributed by atoms with Crippen molar-refractivity contribution in [1.82, 2.24) is 20.4 Å². The van der Waals surface area contributed by atoms with Crippen molar-refractivity contribution < 1.29 is 4.79 Å². The molecule has 1 fully saturated rings. The highest BCUT2D eigenvalue weighted by atomic mass is 16.2. The topological polar surface area (TPSA) is 78.1 Å². The number of rotatable bonds is 4. The number of nitrogens with one attached hydrogen (secondary N) is 2. The van der Waals surface area contributed by atoms with Gasteiger partial charge < -0.3 is 5.32 Å². The minimum atomic E-state index is -0.276. The van der Waals surface area contributed by atoms with Gasteiger partial charge in [0.05, 0.1) is 5.39 Å². The molecule has 122 valence electrons. The Morgan fingerprint density at radius 1 is 1.35 bits per heavy atom. The fourth-order valence-electron chi connectivity index (χ4n) is 3.29. The van der Waals surface area contributed by atoms with Gasteiger partial charge in [-0.2, -0.15) is 5.10 Å². The van der Waals surface area contributed by atoms with Crippen molar-refractivity contribution >= 4 is 16.7 Å². The summed E-state index contributed by atoms with van der Waals surface area (Å²) in [7, 11) is 0. The first-order valence-electron chi connectivity index (χ1n) is 8.20. The van der Waals surface area contributed by atoms with Gasteiger partial charge >= 0.3 is 0 Å². The van der Waals surface area contributed by atoms with Crippen molar-refractivity contribution in [3.63, 3.8) is 0 Å². The van der Waals surface area contributed by atoms with Gasteiger partial charge in [-0.1, -0.05) is 31.5 Å². The monoisotopic (exact) mass is 314 g/mol. The number of likely N-dealkylation sites (N-methyl/N-ethyl adjacent to an activating group) is 1. The Balaban J connectivity index is 1.76. The Labute approximate surface area is 134 Å². The summed E-state index contributed by atoms with van der Waals surface area (Å²) in [4.78, 5) is 26.7. The molecule has 1 aliphatic heterocycles. The number of nitrogens with zero attached hydrogens (tertiary/aromatic N) is 2. The average Bonchev–Trinajstić information content (AvgIpc) is 2.60. The van der Waals surface area contributed by atoms with Crippen LogP contribution in [0.1, 0.15) is 36.7 Å². The minimum absolute atomic E-state index is 0.237. The van der Waals surface area contributed by atoms with E-state index in [4.69, 9.17) is 0 Å². The van der Waals surface area contributed by atoms with Gasteiger partial charge in [0, 0.05) is 18.0 Å². The van der Waals surface area contributed by atoms with Crippen molar-refractivity contribution in [2.45, 2.75) is 32.2 Å². The van der Waals surface area contributed by atoms with Crippen LogP contribution in [0.2, 0.25) is 0 Å². The van der Waals surface area contributed by atoms with Crippen molar-refractivity contribution in [2.75, 3.05) is 19.6 Å². The van der Waals surface area contributed by atoms with Crippen LogP contribution in [0.25, 0.3) is 10.8 Å². The Hall–Kier alpha value is -2.21. The molecule has 23 heavy (non-hydrogen) atoms. The van der Waals surface area contributed by atoms with Crippen LogP contribution in [0.3, 0.4) is 0 Å². The standard InChI is InChI=1S/C17H22N4O2/c1-2-21-10-6-5-7-12(21)11-18-17(23)15-13-8-3-4-9-14(13)16(22)20-19-15/h3-4,8-9,12H,2,5-7,10-11H2,1H3,(H,18,23)(H,20,22). The predicted molar refractivity (Wildman–Crippen MR) is 89.6 cm³/mol. The zero-order valence-electron chi connectivity index (χ0n) is 13.3. The maximum atomic E-state index is 12.5. The molecule has 0 radical (unpaired) electrons. The number of carbonyl (C=O) groups is 1. The van der Waals surface area contributed by atoms with Gasteiger partial charge in [-0.15, -0.1) is 0 Å². The summed E-state index contributed by atoms with van der Waals surface area (Å²) >= 11 is 0. The van der Waals surface area contributed by atoms with Crippen LogP contribution in [0.15, 0.2) is 29.1 Å². The number of carbonyl (C=O) groups excluding carboxylic acids is 1. The Bertz CT molecular complexity index is 756. The number of H-pyrrole nitrogens is 1. The first-order valence-corrected chi connectivity index (χ1v) is 8.20. The Morgan fingerprint density at radius 2 is 2.13 bits per heavy atom. The molecule has 1 aromatic carbocycles. The van der Waals surface area contributed by atoms with Crippen LogP contribution >= 0.6 is 0 Å². The van der Waals surface area contributed by atoms with Gasteiger partial charge in [0.1, 0.15) is 0 Å². The van der Waals surface area contributed by atoms with E-state index in [0.29, 0.717) is 23.4 Å². The quantitative estimate of drug-likeness (QED) is 0.897. The number of fused-ring (bicyclic) bond motifs is 1. The molecule has 2 aromatic rings. The molecule has 0 saturated carbocycles. The van der Waals surface area contributed by atoms with E-state index in [2.05, 4.69) is 27.3 Å². The average molecular weight is 314 g/mol. The predicted octanol–water partition coefficient (Wildman–Crippen LogP) is 1.53. The number of amides is 1. The zero-order valence-corrected chi connectivity index (χ0v) is 13.3. The maximum absolute atomic E-state index is 12.5. The molecule has 1 amide bonds. The van der Waals surface area contributed by atoms with Gasteiger partial charge in [-0.25, -0.2) is 5.10 Å². The summed E-state index contributed by atoms with van der Waals surface area (Å²) in [6.07, 6.45) is 3.54. The summed E-state index contributed by atoms with van der Waals surface area (Å²) in [6.45, 7) is 4.86. The molecule has 1 unspecified atom stereocenters. The Morgan fingerprint density at radius 3 is 2.91 bits per heavy atom. The van der Waals surface area contributed by atoms with Crippen LogP contribution < -0.4 is 10.9 Å². The lowest BCUT2D eigenvalue weighted by atomic mass is 10.0. The van der Waals surface area contributed by atoms with Gasteiger partial charge in [0.15, 0.2) is 5.69 Å². The highest BCUT2D eigenvalue weighted by molar-refractivity contribution is 6.04. The molecule has 2 N–H and O–H groups in total. The molecule has 0 spiro atoms. The van der Waals surface area contributed by atoms with Crippen LogP contribution in [-0.4, -0.2) is 46.7 Å². The minimum Gasteiger partial charge on any atom is -0.349 e. The van der Waals surface area contributed by atoms with E-state index < -0.39 is 0 Å². The normalized spacial score (nSPS) is 18.9. The maximum Gasteiger partial charge on any atom is 0.272 e. The van der Waals surface area contributed by atoms with E-state index in [-0.39, 0.29) is 17.2 Å². The third-order valence-electron chi connectivity index (χ3n) is 4.56. The number of benzene rings is 1. The number of aromatic amines is 1. The van der Waals surface area contributed by atoms with Crippen LogP contribution in [0, 0.1) is 0 Å². The van der Waals surface area contributed by atoms with Gasteiger partial charge in [0.2, 0.25) is 0 Å². The van der Waals surface area contributed by atoms with Crippen molar-refractivity contribution in [2.24, 2.45) is 0 Å². The van der Waals surface area contributed by atoms with E-state index in [0.717, 1.165) is 19.5 Å². The summed E-state index contributed by atoms with van der Waals surface area (Å²) in [5.74, 6) is -0.237. The number of piperidine rings is 1. The lowest BCUT2D eigenvalue weighted by molar-refractivity contribution is 0.0914. The van der Waals surface area contributed by atoms with Crippen molar-refractivity contribution in [1.29, 1.82) is 0 Å². The molecule has 0 bridgehead atoms. The van der Waals surface area contributed by atoms with Gasteiger partial charge in [-0.3, -0.25) is 14.5 Å². The molecule has 2 heterocycles. The molecule has 6 nitrogen and oxygen atoms in total. The fourth-order valence-corrected chi connectivity index (χ4v) is 3.29. The lowest BCUT2D eigenvalue weighted by Crippen LogP contribution is -2.46. The lowest BCUT2D eigenvalue weighted by Gasteiger charge is -2.34. The second kappa shape index (κ2) is 6.91. The van der Waals surface area contributed by atoms with E-state index >= 15 is 0 Å². The number of hydrogen-bond donors (Lipinski definition) is 2. The van der Waals surface area contributed by atoms with Crippen molar-refractivity contribution in [3.05, 3.63) is 40.3 Å². The first-order chi connectivity index (χ1) is 11.2. The Kier molecular flexibility index (Phi) is 4.71. The SMILES string of the molecule is CCN1CCCCC1CNC(=O)c1n[nH]c(=O)c2ccccc12. The molecule has 6 heteroatoms. The van der Waals surface area contributed by atoms with Crippen LogP contribution in [0.5, 0.6) is 0 Å². The van der Waals surface area contributed by atoms with E-state index in [9.17, 15) is 9.59 Å². The second-order valence-electron chi connectivity index (χ2n) is 5.94. The molecule has 1 saturated heterocycles. The summed E-state index contributed by atoms with van der Waals surface area (Å²) in [5.41, 5.74) is 0.000599. The molecule has 1 aliphatic rings. The highest BCUT2D eigenvalue weighted by Crippen LogP contribution is 2.16. The summed E-state index contributed by atoms with van der Waals surface area (Å²) in [5, 5.41) is 10.4. The molecule has 1 atom stereocenters. The van der Waals surface area contributed by atoms with Crippen LogP contribution in [-0.2, 0) is 0 Å². The van der Waals surface area contributed by atoms with Crippen molar-refractivity contribution in [3.8, 4) is 0 Å². The molecular formula is C17H22N4O2. The largest absolute Gasteiger partial charge is 0.349 e. The zero-order chi connectivity index (χ0) is 16.2. The smallest absolute Gasteiger partial charge is 0.272 e. The highest BCUT2D eigenvalue weighted by Gasteiger charge is 2.22. The fraction of sp³-hybridized carbons (Fsp3) is 0.471. The van der Waals surface area contributed by atoms with E-state index in [1.807, 2.05) is 0 Å². The molecule has 0 aliphatic carbocycles. The third-order valence-corrected chi connectivity index (χ3v) is 4.56. The molecule has 3 rings (SSSR count). The van der Waals surface area contributed by atoms with Gasteiger partial charge in [0.25, 0.3) is 11.5 Å². The second-order valence-corrected chi connectivity index (χ2v) is 5.94. The number of aromatic nitrogens is 2. The molecule has 1 aromatic heterocycles. The number of likely N-dealkylation sites (tertiary alicyclic amines) is 1.